The van der Waals surface area contributed by atoms with Crippen molar-refractivity contribution in [1.29, 1.82) is 0 Å². The number of carbonyl (C=O) groups is 1. The molecule has 0 aromatic carbocycles. The second-order valence-electron chi connectivity index (χ2n) is 4.78. The van der Waals surface area contributed by atoms with E-state index in [1.54, 1.807) is 4.74 Å². The lowest BCUT2D eigenvalue weighted by molar-refractivity contribution is -0.566. The van der Waals surface area contributed by atoms with Gasteiger partial charge in [0.25, 0.3) is 0 Å². The van der Waals surface area contributed by atoms with Gasteiger partial charge in [-0.25, -0.2) is 19.0 Å². The Hall–Kier alpha value is -1.84. The number of hydrogen-bond donors (Lipinski definition) is 1. The quantitative estimate of drug-likeness (QED) is 0.424. The molecule has 22 heteroatoms. The number of rotatable bonds is 10. The van der Waals surface area contributed by atoms with Crippen molar-refractivity contribution < 1.29 is 98.7 Å². The van der Waals surface area contributed by atoms with Gasteiger partial charge in [0.2, 0.25) is 0 Å². The molecule has 0 aromatic rings. The van der Waals surface area contributed by atoms with E-state index in [1.807, 2.05) is 0 Å². The number of carboxylic acid groups (broad SMARTS) is 1. The van der Waals surface area contributed by atoms with Crippen molar-refractivity contribution in [2.45, 2.75) is 48.8 Å². The minimum Gasteiger partial charge on any atom is -0.475 e. The smallest absolute Gasteiger partial charge is 0.462 e. The van der Waals surface area contributed by atoms with E-state index in [0.717, 1.165) is 0 Å². The van der Waals surface area contributed by atoms with Crippen molar-refractivity contribution in [3.05, 3.63) is 0 Å². The maximum absolute atomic E-state index is 12.9. The van der Waals surface area contributed by atoms with Gasteiger partial charge in [0.05, 0.1) is 0 Å². The zero-order valence-corrected chi connectivity index (χ0v) is 13.0. The lowest BCUT2D eigenvalue weighted by Gasteiger charge is -2.35. The summed E-state index contributed by atoms with van der Waals surface area (Å²) in [5.74, 6) is -11.5. The summed E-state index contributed by atoms with van der Waals surface area (Å²) in [6.07, 6.45) is -51.7. The largest absolute Gasteiger partial charge is 0.475 e. The summed E-state index contributed by atoms with van der Waals surface area (Å²) in [7, 11) is 0. The summed E-state index contributed by atoms with van der Waals surface area (Å²) in [6, 6.07) is 0. The monoisotopic (exact) mass is 512 g/mol. The highest BCUT2D eigenvalue weighted by atomic mass is 19.4. The van der Waals surface area contributed by atoms with Crippen LogP contribution in [0.2, 0.25) is 0 Å². The summed E-state index contributed by atoms with van der Waals surface area (Å²) >= 11 is 0. The third kappa shape index (κ3) is 5.70. The minimum absolute atomic E-state index is 1.21. The first-order valence-electron chi connectivity index (χ1n) is 6.12. The zero-order valence-electron chi connectivity index (χ0n) is 13.0. The molecule has 0 aromatic heterocycles. The van der Waals surface area contributed by atoms with Crippen molar-refractivity contribution in [3.63, 3.8) is 0 Å². The summed E-state index contributed by atoms with van der Waals surface area (Å²) in [6.45, 7) is 0. The van der Waals surface area contributed by atoms with E-state index in [4.69, 9.17) is 5.11 Å². The van der Waals surface area contributed by atoms with Gasteiger partial charge in [-0.1, -0.05) is 0 Å². The van der Waals surface area contributed by atoms with Crippen LogP contribution < -0.4 is 0 Å². The Bertz CT molecular complexity index is 667. The molecular formula is C9HF17O5. The standard InChI is InChI=1S/C9HF17O5/c10-2(11,1(27)28)29-6(19,20)7(21,22)31-9(25,26)8(23,24)30-5(17,18)3(12,13)4(14,15)16/h(H,27,28). The fourth-order valence-corrected chi connectivity index (χ4v) is 0.993. The maximum Gasteiger partial charge on any atom is 0.462 e. The van der Waals surface area contributed by atoms with Crippen LogP contribution in [-0.4, -0.2) is 59.8 Å². The van der Waals surface area contributed by atoms with Crippen LogP contribution in [-0.2, 0) is 19.0 Å². The fraction of sp³-hybridized carbons (Fsp3) is 0.889. The number of halogens is 17. The van der Waals surface area contributed by atoms with Crippen molar-refractivity contribution in [3.8, 4) is 0 Å². The molecule has 0 radical (unpaired) electrons. The Morgan fingerprint density at radius 3 is 1.00 bits per heavy atom. The molecule has 31 heavy (non-hydrogen) atoms. The number of hydrogen-bond acceptors (Lipinski definition) is 4. The molecule has 1 N–H and O–H groups in total. The zero-order chi connectivity index (χ0) is 25.7. The van der Waals surface area contributed by atoms with Crippen molar-refractivity contribution >= 4 is 5.97 Å². The normalized spacial score (nSPS) is 15.9. The summed E-state index contributed by atoms with van der Waals surface area (Å²) < 4.78 is 217. The van der Waals surface area contributed by atoms with Crippen LogP contribution in [0.5, 0.6) is 0 Å². The summed E-state index contributed by atoms with van der Waals surface area (Å²) in [5.41, 5.74) is 0. The molecule has 5 nitrogen and oxygen atoms in total. The van der Waals surface area contributed by atoms with Crippen LogP contribution in [0.1, 0.15) is 0 Å². The molecule has 186 valence electrons. The molecule has 0 bridgehead atoms. The third-order valence-electron chi connectivity index (χ3n) is 2.42. The Morgan fingerprint density at radius 2 is 0.742 bits per heavy atom. The lowest BCUT2D eigenvalue weighted by Crippen LogP contribution is -2.61. The fourth-order valence-electron chi connectivity index (χ4n) is 0.993. The molecule has 0 atom stereocenters. The van der Waals surface area contributed by atoms with E-state index in [1.165, 1.54) is 9.47 Å². The molecule has 0 spiro atoms. The van der Waals surface area contributed by atoms with Crippen molar-refractivity contribution in [2.24, 2.45) is 0 Å². The molecule has 0 saturated heterocycles. The number of aliphatic carboxylic acids is 1. The summed E-state index contributed by atoms with van der Waals surface area (Å²) in [4.78, 5) is 9.77. The number of alkyl halides is 17. The van der Waals surface area contributed by atoms with E-state index in [2.05, 4.69) is 0 Å². The van der Waals surface area contributed by atoms with Gasteiger partial charge < -0.3 is 5.11 Å². The number of ether oxygens (including phenoxy) is 3. The summed E-state index contributed by atoms with van der Waals surface area (Å²) in [5, 5.41) is 7.67. The van der Waals surface area contributed by atoms with Gasteiger partial charge in [-0.3, -0.25) is 0 Å². The molecule has 0 aliphatic carbocycles. The van der Waals surface area contributed by atoms with Gasteiger partial charge in [0.1, 0.15) is 0 Å². The SMILES string of the molecule is O=C(O)C(F)(F)OC(F)(F)C(F)(F)OC(F)(F)C(F)(F)OC(F)(F)C(F)(F)C(F)(F)F. The van der Waals surface area contributed by atoms with Gasteiger partial charge in [-0.2, -0.15) is 74.6 Å². The van der Waals surface area contributed by atoms with Crippen molar-refractivity contribution in [2.75, 3.05) is 0 Å². The van der Waals surface area contributed by atoms with Crippen LogP contribution in [0.25, 0.3) is 0 Å². The first-order chi connectivity index (χ1) is 13.1. The molecule has 0 amide bonds. The lowest BCUT2D eigenvalue weighted by atomic mass is 10.3. The topological polar surface area (TPSA) is 65.0 Å². The predicted molar refractivity (Wildman–Crippen MR) is 51.6 cm³/mol. The van der Waals surface area contributed by atoms with Gasteiger partial charge in [0, 0.05) is 0 Å². The third-order valence-corrected chi connectivity index (χ3v) is 2.42. The van der Waals surface area contributed by atoms with Crippen LogP contribution in [0, 0.1) is 0 Å². The highest BCUT2D eigenvalue weighted by molar-refractivity contribution is 5.73. The maximum atomic E-state index is 12.9. The molecule has 0 aliphatic rings. The van der Waals surface area contributed by atoms with E-state index >= 15 is 0 Å². The predicted octanol–water partition coefficient (Wildman–Crippen LogP) is 4.88. The first kappa shape index (κ1) is 29.2. The van der Waals surface area contributed by atoms with Crippen LogP contribution in [0.3, 0.4) is 0 Å². The van der Waals surface area contributed by atoms with Gasteiger partial charge in [-0.05, 0) is 0 Å². The molecule has 0 saturated carbocycles. The Balaban J connectivity index is 5.92. The molecule has 0 aliphatic heterocycles. The van der Waals surface area contributed by atoms with E-state index in [-0.39, 0.29) is 0 Å². The van der Waals surface area contributed by atoms with Crippen LogP contribution in [0.4, 0.5) is 74.6 Å². The van der Waals surface area contributed by atoms with E-state index in [0.29, 0.717) is 0 Å². The minimum atomic E-state index is -7.71. The van der Waals surface area contributed by atoms with Crippen LogP contribution in [0.15, 0.2) is 0 Å². The van der Waals surface area contributed by atoms with Gasteiger partial charge in [0.15, 0.2) is 0 Å². The van der Waals surface area contributed by atoms with E-state index in [9.17, 15) is 79.4 Å². The highest BCUT2D eigenvalue weighted by Gasteiger charge is 2.80. The van der Waals surface area contributed by atoms with E-state index < -0.39 is 54.7 Å². The highest BCUT2D eigenvalue weighted by Crippen LogP contribution is 2.53. The van der Waals surface area contributed by atoms with Gasteiger partial charge >= 0.3 is 54.7 Å². The van der Waals surface area contributed by atoms with Crippen LogP contribution >= 0.6 is 0 Å². The Morgan fingerprint density at radius 1 is 0.484 bits per heavy atom. The molecule has 0 heterocycles. The Labute approximate surface area is 155 Å². The number of carboxylic acids is 1. The second kappa shape index (κ2) is 7.64. The van der Waals surface area contributed by atoms with Crippen molar-refractivity contribution in [1.82, 2.24) is 0 Å². The second-order valence-corrected chi connectivity index (χ2v) is 4.78. The molecule has 0 rings (SSSR count). The molecular weight excluding hydrogens is 511 g/mol. The van der Waals surface area contributed by atoms with Gasteiger partial charge in [-0.15, -0.1) is 0 Å². The Kier molecular flexibility index (Phi) is 7.18. The first-order valence-corrected chi connectivity index (χ1v) is 6.12. The molecule has 0 fully saturated rings. The average molecular weight is 512 g/mol. The molecule has 0 unspecified atom stereocenters. The average Bonchev–Trinajstić information content (AvgIpc) is 2.41.